The maximum Gasteiger partial charge on any atom is 0.232 e. The van der Waals surface area contributed by atoms with Crippen LogP contribution in [0.3, 0.4) is 0 Å². The Morgan fingerprint density at radius 3 is 2.72 bits per heavy atom. The minimum absolute atomic E-state index is 0.0648. The molecule has 1 rings (SSSR count). The number of piperidine rings is 1. The van der Waals surface area contributed by atoms with Crippen molar-refractivity contribution >= 4 is 17.7 Å². The lowest BCUT2D eigenvalue weighted by atomic mass is 10.1. The van der Waals surface area contributed by atoms with Crippen LogP contribution in [-0.4, -0.2) is 73.5 Å². The molecule has 0 bridgehead atoms. The van der Waals surface area contributed by atoms with E-state index in [-0.39, 0.29) is 18.6 Å². The van der Waals surface area contributed by atoms with Gasteiger partial charge in [-0.3, -0.25) is 4.79 Å². The fourth-order valence-corrected chi connectivity index (χ4v) is 2.67. The standard InChI is InChI=1S/C12H23NO4S/c1-16-8-9-18-10-12(15)13-4-2-11(3-5-13)17-7-6-14/h11,14H,2-10H2,1H3. The Hall–Kier alpha value is -0.300. The molecule has 0 unspecified atom stereocenters. The van der Waals surface area contributed by atoms with Crippen molar-refractivity contribution in [2.24, 2.45) is 0 Å². The van der Waals surface area contributed by atoms with Gasteiger partial charge in [0.1, 0.15) is 0 Å². The quantitative estimate of drug-likeness (QED) is 0.649. The molecule has 0 aliphatic carbocycles. The lowest BCUT2D eigenvalue weighted by Gasteiger charge is -2.31. The summed E-state index contributed by atoms with van der Waals surface area (Å²) in [4.78, 5) is 13.8. The summed E-state index contributed by atoms with van der Waals surface area (Å²) in [7, 11) is 1.67. The van der Waals surface area contributed by atoms with Gasteiger partial charge in [0.2, 0.25) is 5.91 Å². The van der Waals surface area contributed by atoms with E-state index in [0.717, 1.165) is 31.7 Å². The number of hydrogen-bond acceptors (Lipinski definition) is 5. The van der Waals surface area contributed by atoms with Gasteiger partial charge in [-0.15, -0.1) is 11.8 Å². The van der Waals surface area contributed by atoms with Crippen LogP contribution < -0.4 is 0 Å². The number of aliphatic hydroxyl groups excluding tert-OH is 1. The molecule has 1 aliphatic rings. The largest absolute Gasteiger partial charge is 0.394 e. The van der Waals surface area contributed by atoms with Gasteiger partial charge in [0.25, 0.3) is 0 Å². The fraction of sp³-hybridized carbons (Fsp3) is 0.917. The highest BCUT2D eigenvalue weighted by molar-refractivity contribution is 7.99. The first-order chi connectivity index (χ1) is 8.77. The molecule has 1 saturated heterocycles. The summed E-state index contributed by atoms with van der Waals surface area (Å²) in [5, 5.41) is 8.68. The summed E-state index contributed by atoms with van der Waals surface area (Å²) < 4.78 is 10.4. The molecule has 1 N–H and O–H groups in total. The number of methoxy groups -OCH3 is 1. The van der Waals surface area contributed by atoms with Crippen LogP contribution in [0, 0.1) is 0 Å². The van der Waals surface area contributed by atoms with Gasteiger partial charge in [-0.05, 0) is 12.8 Å². The Morgan fingerprint density at radius 2 is 2.11 bits per heavy atom. The van der Waals surface area contributed by atoms with Crippen molar-refractivity contribution in [3.63, 3.8) is 0 Å². The summed E-state index contributed by atoms with van der Waals surface area (Å²) in [5.41, 5.74) is 0. The van der Waals surface area contributed by atoms with Gasteiger partial charge in [0.05, 0.1) is 31.7 Å². The first kappa shape index (κ1) is 15.8. The first-order valence-corrected chi connectivity index (χ1v) is 7.50. The summed E-state index contributed by atoms with van der Waals surface area (Å²) >= 11 is 1.61. The van der Waals surface area contributed by atoms with Crippen LogP contribution in [0.4, 0.5) is 0 Å². The monoisotopic (exact) mass is 277 g/mol. The Labute approximate surface area is 113 Å². The predicted octanol–water partition coefficient (Wildman–Crippen LogP) is 0.366. The molecule has 106 valence electrons. The van der Waals surface area contributed by atoms with E-state index in [2.05, 4.69) is 0 Å². The summed E-state index contributed by atoms with van der Waals surface area (Å²) in [6, 6.07) is 0. The Balaban J connectivity index is 2.11. The van der Waals surface area contributed by atoms with Crippen molar-refractivity contribution in [2.45, 2.75) is 18.9 Å². The number of nitrogens with zero attached hydrogens (tertiary/aromatic N) is 1. The minimum Gasteiger partial charge on any atom is -0.394 e. The average molecular weight is 277 g/mol. The lowest BCUT2D eigenvalue weighted by molar-refractivity contribution is -0.131. The van der Waals surface area contributed by atoms with Crippen molar-refractivity contribution in [1.29, 1.82) is 0 Å². The molecule has 0 saturated carbocycles. The molecular weight excluding hydrogens is 254 g/mol. The summed E-state index contributed by atoms with van der Waals surface area (Å²) in [6.45, 7) is 2.68. The number of rotatable bonds is 8. The number of carbonyl (C=O) groups excluding carboxylic acids is 1. The first-order valence-electron chi connectivity index (χ1n) is 6.35. The maximum absolute atomic E-state index is 11.9. The normalized spacial score (nSPS) is 17.1. The molecule has 5 nitrogen and oxygen atoms in total. The highest BCUT2D eigenvalue weighted by Gasteiger charge is 2.22. The average Bonchev–Trinajstić information content (AvgIpc) is 2.41. The van der Waals surface area contributed by atoms with Gasteiger partial charge >= 0.3 is 0 Å². The molecule has 0 atom stereocenters. The molecule has 0 aromatic rings. The van der Waals surface area contributed by atoms with Gasteiger partial charge in [0.15, 0.2) is 0 Å². The van der Waals surface area contributed by atoms with Gasteiger partial charge in [-0.25, -0.2) is 0 Å². The number of hydrogen-bond donors (Lipinski definition) is 1. The van der Waals surface area contributed by atoms with Gasteiger partial charge in [0, 0.05) is 26.0 Å². The van der Waals surface area contributed by atoms with Gasteiger partial charge in [-0.1, -0.05) is 0 Å². The lowest BCUT2D eigenvalue weighted by Crippen LogP contribution is -2.42. The molecule has 1 amide bonds. The number of carbonyl (C=O) groups is 1. The Kier molecular flexibility index (Phi) is 8.41. The van der Waals surface area contributed by atoms with Crippen LogP contribution in [0.25, 0.3) is 0 Å². The third-order valence-electron chi connectivity index (χ3n) is 2.90. The van der Waals surface area contributed by atoms with Crippen molar-refractivity contribution < 1.29 is 19.4 Å². The highest BCUT2D eigenvalue weighted by Crippen LogP contribution is 2.15. The summed E-state index contributed by atoms with van der Waals surface area (Å²) in [6.07, 6.45) is 1.94. The fourth-order valence-electron chi connectivity index (χ4n) is 1.88. The maximum atomic E-state index is 11.9. The molecule has 6 heteroatoms. The SMILES string of the molecule is COCCSCC(=O)N1CCC(OCCO)CC1. The molecular formula is C12H23NO4S. The van der Waals surface area contributed by atoms with Crippen molar-refractivity contribution in [2.75, 3.05) is 51.5 Å². The topological polar surface area (TPSA) is 59.0 Å². The van der Waals surface area contributed by atoms with E-state index in [1.807, 2.05) is 4.90 Å². The van der Waals surface area contributed by atoms with Crippen LogP contribution in [0.1, 0.15) is 12.8 Å². The zero-order chi connectivity index (χ0) is 13.2. The second-order valence-electron chi connectivity index (χ2n) is 4.22. The van der Waals surface area contributed by atoms with Crippen molar-refractivity contribution in [1.82, 2.24) is 4.90 Å². The van der Waals surface area contributed by atoms with Crippen LogP contribution >= 0.6 is 11.8 Å². The number of likely N-dealkylation sites (tertiary alicyclic amines) is 1. The van der Waals surface area contributed by atoms with E-state index >= 15 is 0 Å². The molecule has 1 fully saturated rings. The zero-order valence-electron chi connectivity index (χ0n) is 11.0. The van der Waals surface area contributed by atoms with Crippen molar-refractivity contribution in [3.8, 4) is 0 Å². The Bertz CT molecular complexity index is 232. The van der Waals surface area contributed by atoms with Crippen LogP contribution in [0.5, 0.6) is 0 Å². The van der Waals surface area contributed by atoms with E-state index in [9.17, 15) is 4.79 Å². The van der Waals surface area contributed by atoms with Crippen LogP contribution in [0.2, 0.25) is 0 Å². The van der Waals surface area contributed by atoms with Gasteiger partial charge in [-0.2, -0.15) is 0 Å². The second kappa shape index (κ2) is 9.61. The number of ether oxygens (including phenoxy) is 2. The molecule has 18 heavy (non-hydrogen) atoms. The zero-order valence-corrected chi connectivity index (χ0v) is 11.8. The number of thioether (sulfide) groups is 1. The van der Waals surface area contributed by atoms with Crippen molar-refractivity contribution in [3.05, 3.63) is 0 Å². The van der Waals surface area contributed by atoms with Crippen LogP contribution in [0.15, 0.2) is 0 Å². The van der Waals surface area contributed by atoms with E-state index in [1.54, 1.807) is 18.9 Å². The molecule has 0 radical (unpaired) electrons. The molecule has 0 spiro atoms. The molecule has 0 aromatic carbocycles. The van der Waals surface area contributed by atoms with E-state index in [0.29, 0.717) is 19.0 Å². The third kappa shape index (κ3) is 6.04. The molecule has 1 aliphatic heterocycles. The molecule has 1 heterocycles. The predicted molar refractivity (Wildman–Crippen MR) is 71.8 cm³/mol. The molecule has 0 aromatic heterocycles. The minimum atomic E-state index is 0.0648. The highest BCUT2D eigenvalue weighted by atomic mass is 32.2. The third-order valence-corrected chi connectivity index (χ3v) is 3.80. The smallest absolute Gasteiger partial charge is 0.232 e. The second-order valence-corrected chi connectivity index (χ2v) is 5.33. The van der Waals surface area contributed by atoms with E-state index in [4.69, 9.17) is 14.6 Å². The number of amides is 1. The Morgan fingerprint density at radius 1 is 1.39 bits per heavy atom. The van der Waals surface area contributed by atoms with E-state index < -0.39 is 0 Å². The van der Waals surface area contributed by atoms with Crippen LogP contribution in [-0.2, 0) is 14.3 Å². The summed E-state index contributed by atoms with van der Waals surface area (Å²) in [5.74, 6) is 1.60. The number of aliphatic hydroxyl groups is 1. The van der Waals surface area contributed by atoms with E-state index in [1.165, 1.54) is 0 Å². The van der Waals surface area contributed by atoms with Gasteiger partial charge < -0.3 is 19.5 Å².